The Morgan fingerprint density at radius 1 is 1.32 bits per heavy atom. The monoisotopic (exact) mass is 262 g/mol. The van der Waals surface area contributed by atoms with E-state index in [2.05, 4.69) is 55.3 Å². The number of nitrogens with zero attached hydrogens (tertiary/aromatic N) is 1. The highest BCUT2D eigenvalue weighted by atomic mass is 16.3. The third-order valence-electron chi connectivity index (χ3n) is 4.24. The van der Waals surface area contributed by atoms with Crippen LogP contribution >= 0.6 is 0 Å². The highest BCUT2D eigenvalue weighted by molar-refractivity contribution is 5.57. The first-order valence-electron chi connectivity index (χ1n) is 7.06. The number of aliphatic hydroxyl groups is 1. The molecule has 1 saturated heterocycles. The van der Waals surface area contributed by atoms with Gasteiger partial charge in [-0.3, -0.25) is 0 Å². The maximum absolute atomic E-state index is 9.62. The Morgan fingerprint density at radius 3 is 2.53 bits per heavy atom. The van der Waals surface area contributed by atoms with E-state index in [0.29, 0.717) is 0 Å². The van der Waals surface area contributed by atoms with Gasteiger partial charge >= 0.3 is 0 Å². The fraction of sp³-hybridized carbons (Fsp3) is 0.625. The number of anilines is 1. The molecule has 0 spiro atoms. The Bertz CT molecular complexity index is 433. The van der Waals surface area contributed by atoms with Gasteiger partial charge in [0.1, 0.15) is 0 Å². The molecule has 3 heteroatoms. The summed E-state index contributed by atoms with van der Waals surface area (Å²) in [7, 11) is 1.94. The molecule has 0 amide bonds. The molecule has 2 N–H and O–H groups in total. The zero-order valence-corrected chi connectivity index (χ0v) is 12.5. The third kappa shape index (κ3) is 2.77. The maximum atomic E-state index is 9.62. The van der Waals surface area contributed by atoms with Gasteiger partial charge < -0.3 is 15.3 Å². The second-order valence-electron chi connectivity index (χ2n) is 6.63. The second kappa shape index (κ2) is 5.14. The van der Waals surface area contributed by atoms with Gasteiger partial charge in [-0.15, -0.1) is 0 Å². The molecule has 1 aliphatic rings. The number of hydrogen-bond acceptors (Lipinski definition) is 3. The summed E-state index contributed by atoms with van der Waals surface area (Å²) in [5.41, 5.74) is 2.67. The normalized spacial score (nSPS) is 23.9. The van der Waals surface area contributed by atoms with Gasteiger partial charge in [0, 0.05) is 18.8 Å². The van der Waals surface area contributed by atoms with E-state index in [4.69, 9.17) is 0 Å². The summed E-state index contributed by atoms with van der Waals surface area (Å²) in [4.78, 5) is 2.40. The van der Waals surface area contributed by atoms with Crippen molar-refractivity contribution in [1.29, 1.82) is 0 Å². The maximum Gasteiger partial charge on any atom is 0.0631 e. The molecule has 1 aromatic rings. The van der Waals surface area contributed by atoms with Crippen LogP contribution in [0.1, 0.15) is 32.8 Å². The molecule has 1 aromatic carbocycles. The highest BCUT2D eigenvalue weighted by Crippen LogP contribution is 2.35. The van der Waals surface area contributed by atoms with Gasteiger partial charge in [0.15, 0.2) is 0 Å². The fourth-order valence-corrected chi connectivity index (χ4v) is 2.87. The molecule has 2 rings (SSSR count). The van der Waals surface area contributed by atoms with Crippen molar-refractivity contribution in [1.82, 2.24) is 5.32 Å². The molecule has 1 heterocycles. The Kier molecular flexibility index (Phi) is 3.88. The number of nitrogens with one attached hydrogen (secondary N) is 1. The molecule has 3 nitrogen and oxygen atoms in total. The minimum absolute atomic E-state index is 0.140. The SMILES string of the molecule is CNC1(CO)CCN(c2ccccc2C(C)(C)C)C1. The summed E-state index contributed by atoms with van der Waals surface area (Å²) in [6.45, 7) is 8.80. The van der Waals surface area contributed by atoms with Crippen molar-refractivity contribution >= 4 is 5.69 Å². The molecule has 1 atom stereocenters. The summed E-state index contributed by atoms with van der Waals surface area (Å²) in [5, 5.41) is 12.9. The van der Waals surface area contributed by atoms with E-state index in [1.807, 2.05) is 7.05 Å². The van der Waals surface area contributed by atoms with Crippen LogP contribution in [-0.4, -0.2) is 37.4 Å². The largest absolute Gasteiger partial charge is 0.394 e. The van der Waals surface area contributed by atoms with Crippen LogP contribution in [-0.2, 0) is 5.41 Å². The van der Waals surface area contributed by atoms with Crippen LogP contribution in [0.25, 0.3) is 0 Å². The number of para-hydroxylation sites is 1. The molecule has 1 fully saturated rings. The average molecular weight is 262 g/mol. The number of likely N-dealkylation sites (N-methyl/N-ethyl adjacent to an activating group) is 1. The predicted molar refractivity (Wildman–Crippen MR) is 80.8 cm³/mol. The minimum Gasteiger partial charge on any atom is -0.394 e. The molecule has 0 aromatic heterocycles. The molecule has 1 unspecified atom stereocenters. The molecule has 1 aliphatic heterocycles. The zero-order valence-electron chi connectivity index (χ0n) is 12.5. The molecule has 0 saturated carbocycles. The summed E-state index contributed by atoms with van der Waals surface area (Å²) in [5.74, 6) is 0. The molecule has 0 aliphatic carbocycles. The Hall–Kier alpha value is -1.06. The van der Waals surface area contributed by atoms with Gasteiger partial charge in [-0.1, -0.05) is 39.0 Å². The number of hydrogen-bond donors (Lipinski definition) is 2. The summed E-state index contributed by atoms with van der Waals surface area (Å²) in [6, 6.07) is 8.62. The lowest BCUT2D eigenvalue weighted by Gasteiger charge is -2.31. The molecular weight excluding hydrogens is 236 g/mol. The van der Waals surface area contributed by atoms with E-state index in [9.17, 15) is 5.11 Å². The Balaban J connectivity index is 2.30. The zero-order chi connectivity index (χ0) is 14.1. The third-order valence-corrected chi connectivity index (χ3v) is 4.24. The fourth-order valence-electron chi connectivity index (χ4n) is 2.87. The van der Waals surface area contributed by atoms with E-state index in [1.54, 1.807) is 0 Å². The lowest BCUT2D eigenvalue weighted by molar-refractivity contribution is 0.184. The van der Waals surface area contributed by atoms with Crippen LogP contribution in [0.5, 0.6) is 0 Å². The molecular formula is C16H26N2O. The van der Waals surface area contributed by atoms with Crippen LogP contribution < -0.4 is 10.2 Å². The molecule has 19 heavy (non-hydrogen) atoms. The van der Waals surface area contributed by atoms with Crippen molar-refractivity contribution in [2.45, 2.75) is 38.1 Å². The van der Waals surface area contributed by atoms with E-state index in [-0.39, 0.29) is 17.6 Å². The summed E-state index contributed by atoms with van der Waals surface area (Å²) in [6.07, 6.45) is 0.985. The Morgan fingerprint density at radius 2 is 2.00 bits per heavy atom. The van der Waals surface area contributed by atoms with Crippen LogP contribution in [0.4, 0.5) is 5.69 Å². The van der Waals surface area contributed by atoms with Gasteiger partial charge in [-0.25, -0.2) is 0 Å². The highest BCUT2D eigenvalue weighted by Gasteiger charge is 2.37. The van der Waals surface area contributed by atoms with Crippen molar-refractivity contribution in [2.75, 3.05) is 31.6 Å². The average Bonchev–Trinajstić information content (AvgIpc) is 2.83. The molecule has 0 radical (unpaired) electrons. The van der Waals surface area contributed by atoms with Gasteiger partial charge in [-0.05, 0) is 30.5 Å². The van der Waals surface area contributed by atoms with E-state index < -0.39 is 0 Å². The van der Waals surface area contributed by atoms with Gasteiger partial charge in [-0.2, -0.15) is 0 Å². The van der Waals surface area contributed by atoms with Crippen LogP contribution in [0.2, 0.25) is 0 Å². The topological polar surface area (TPSA) is 35.5 Å². The van der Waals surface area contributed by atoms with E-state index in [0.717, 1.165) is 19.5 Å². The first-order chi connectivity index (χ1) is 8.92. The first-order valence-corrected chi connectivity index (χ1v) is 7.06. The van der Waals surface area contributed by atoms with E-state index in [1.165, 1.54) is 11.3 Å². The second-order valence-corrected chi connectivity index (χ2v) is 6.63. The van der Waals surface area contributed by atoms with Gasteiger partial charge in [0.2, 0.25) is 0 Å². The predicted octanol–water partition coefficient (Wildman–Crippen LogP) is 2.14. The first kappa shape index (κ1) is 14.4. The summed E-state index contributed by atoms with van der Waals surface area (Å²) >= 11 is 0. The number of rotatable bonds is 3. The lowest BCUT2D eigenvalue weighted by atomic mass is 9.85. The van der Waals surface area contributed by atoms with Crippen LogP contribution in [0, 0.1) is 0 Å². The van der Waals surface area contributed by atoms with Gasteiger partial charge in [0.05, 0.1) is 12.1 Å². The van der Waals surface area contributed by atoms with Crippen molar-refractivity contribution < 1.29 is 5.11 Å². The number of benzene rings is 1. The standard InChI is InChI=1S/C16H26N2O/c1-15(2,3)13-7-5-6-8-14(13)18-10-9-16(11-18,12-19)17-4/h5-8,17,19H,9-12H2,1-4H3. The quantitative estimate of drug-likeness (QED) is 0.876. The van der Waals surface area contributed by atoms with Crippen LogP contribution in [0.15, 0.2) is 24.3 Å². The van der Waals surface area contributed by atoms with Crippen molar-refractivity contribution in [3.63, 3.8) is 0 Å². The Labute approximate surface area is 116 Å². The minimum atomic E-state index is -0.148. The van der Waals surface area contributed by atoms with Crippen molar-refractivity contribution in [2.24, 2.45) is 0 Å². The van der Waals surface area contributed by atoms with Crippen molar-refractivity contribution in [3.8, 4) is 0 Å². The smallest absolute Gasteiger partial charge is 0.0631 e. The molecule has 106 valence electrons. The van der Waals surface area contributed by atoms with Crippen LogP contribution in [0.3, 0.4) is 0 Å². The summed E-state index contributed by atoms with van der Waals surface area (Å²) < 4.78 is 0. The number of aliphatic hydroxyl groups excluding tert-OH is 1. The van der Waals surface area contributed by atoms with E-state index >= 15 is 0 Å². The van der Waals surface area contributed by atoms with Crippen molar-refractivity contribution in [3.05, 3.63) is 29.8 Å². The van der Waals surface area contributed by atoms with Gasteiger partial charge in [0.25, 0.3) is 0 Å². The molecule has 0 bridgehead atoms. The lowest BCUT2D eigenvalue weighted by Crippen LogP contribution is -2.48.